The highest BCUT2D eigenvalue weighted by Gasteiger charge is 2.00. The Hall–Kier alpha value is -0.860. The number of halogens is 1. The average molecular weight is 185 g/mol. The van der Waals surface area contributed by atoms with Crippen LogP contribution in [0.15, 0.2) is 18.2 Å². The lowest BCUT2D eigenvalue weighted by Crippen LogP contribution is -1.95. The monoisotopic (exact) mass is 184 g/mol. The molecule has 0 unspecified atom stereocenters. The third-order valence-electron chi connectivity index (χ3n) is 1.62. The van der Waals surface area contributed by atoms with E-state index in [2.05, 4.69) is 0 Å². The van der Waals surface area contributed by atoms with Crippen molar-refractivity contribution in [2.24, 2.45) is 0 Å². The van der Waals surface area contributed by atoms with Crippen LogP contribution >= 0.6 is 11.6 Å². The topological polar surface area (TPSA) is 37.3 Å². The molecule has 2 nitrogen and oxygen atoms in total. The summed E-state index contributed by atoms with van der Waals surface area (Å²) in [6.45, 7) is 0.0441. The molecule has 64 valence electrons. The van der Waals surface area contributed by atoms with Crippen LogP contribution in [0.5, 0.6) is 0 Å². The van der Waals surface area contributed by atoms with Gasteiger partial charge in [-0.15, -0.1) is 0 Å². The van der Waals surface area contributed by atoms with E-state index in [9.17, 15) is 4.79 Å². The average Bonchev–Trinajstić information content (AvgIpc) is 2.08. The van der Waals surface area contributed by atoms with Crippen LogP contribution in [0, 0.1) is 0 Å². The second-order valence-electron chi connectivity index (χ2n) is 2.43. The van der Waals surface area contributed by atoms with E-state index in [0.29, 0.717) is 17.0 Å². The standard InChI is InChI=1S/C9H9ClO2/c10-9-2-1-7(3-4-11)8(5-9)6-12/h1-2,5-6,11H,3-4H2. The summed E-state index contributed by atoms with van der Waals surface area (Å²) < 4.78 is 0. The van der Waals surface area contributed by atoms with Gasteiger partial charge < -0.3 is 5.11 Å². The lowest BCUT2D eigenvalue weighted by molar-refractivity contribution is 0.112. The molecule has 3 heteroatoms. The normalized spacial score (nSPS) is 9.83. The van der Waals surface area contributed by atoms with E-state index in [4.69, 9.17) is 16.7 Å². The molecule has 0 fully saturated rings. The molecule has 0 aliphatic rings. The summed E-state index contributed by atoms with van der Waals surface area (Å²) in [5, 5.41) is 9.20. The van der Waals surface area contributed by atoms with Crippen LogP contribution in [0.25, 0.3) is 0 Å². The Morgan fingerprint density at radius 2 is 2.25 bits per heavy atom. The molecule has 0 aliphatic carbocycles. The summed E-state index contributed by atoms with van der Waals surface area (Å²) in [5.74, 6) is 0. The predicted octanol–water partition coefficient (Wildman–Crippen LogP) is 1.69. The summed E-state index contributed by atoms with van der Waals surface area (Å²) >= 11 is 5.67. The number of aliphatic hydroxyl groups is 1. The number of carbonyl (C=O) groups is 1. The van der Waals surface area contributed by atoms with Crippen molar-refractivity contribution in [2.45, 2.75) is 6.42 Å². The van der Waals surface area contributed by atoms with E-state index in [1.54, 1.807) is 18.2 Å². The third-order valence-corrected chi connectivity index (χ3v) is 1.85. The van der Waals surface area contributed by atoms with E-state index >= 15 is 0 Å². The number of carbonyl (C=O) groups excluding carboxylic acids is 1. The molecule has 0 heterocycles. The van der Waals surface area contributed by atoms with Gasteiger partial charge in [-0.1, -0.05) is 17.7 Å². The fraction of sp³-hybridized carbons (Fsp3) is 0.222. The predicted molar refractivity (Wildman–Crippen MR) is 47.6 cm³/mol. The number of aliphatic hydroxyl groups excluding tert-OH is 1. The van der Waals surface area contributed by atoms with Crippen LogP contribution in [0.1, 0.15) is 15.9 Å². The minimum Gasteiger partial charge on any atom is -0.396 e. The number of hydrogen-bond acceptors (Lipinski definition) is 2. The molecule has 0 saturated carbocycles. The summed E-state index contributed by atoms with van der Waals surface area (Å²) in [4.78, 5) is 10.5. The van der Waals surface area contributed by atoms with E-state index in [0.717, 1.165) is 11.8 Å². The Kier molecular flexibility index (Phi) is 3.26. The summed E-state index contributed by atoms with van der Waals surface area (Å²) in [5.41, 5.74) is 1.38. The van der Waals surface area contributed by atoms with Crippen molar-refractivity contribution >= 4 is 17.9 Å². The number of rotatable bonds is 3. The minimum atomic E-state index is 0.0441. The fourth-order valence-corrected chi connectivity index (χ4v) is 1.20. The van der Waals surface area contributed by atoms with Gasteiger partial charge in [-0.25, -0.2) is 0 Å². The molecule has 0 atom stereocenters. The molecule has 1 aromatic rings. The molecule has 0 bridgehead atoms. The molecule has 1 N–H and O–H groups in total. The van der Waals surface area contributed by atoms with E-state index in [-0.39, 0.29) is 6.61 Å². The van der Waals surface area contributed by atoms with E-state index < -0.39 is 0 Å². The van der Waals surface area contributed by atoms with Gasteiger partial charge in [-0.05, 0) is 24.1 Å². The van der Waals surface area contributed by atoms with Gasteiger partial charge in [0.15, 0.2) is 0 Å². The number of hydrogen-bond donors (Lipinski definition) is 1. The number of benzene rings is 1. The van der Waals surface area contributed by atoms with Crippen LogP contribution in [0.2, 0.25) is 5.02 Å². The van der Waals surface area contributed by atoms with Crippen LogP contribution in [0.4, 0.5) is 0 Å². The second kappa shape index (κ2) is 4.24. The van der Waals surface area contributed by atoms with E-state index in [1.807, 2.05) is 0 Å². The molecule has 0 radical (unpaired) electrons. The first-order chi connectivity index (χ1) is 5.77. The van der Waals surface area contributed by atoms with Gasteiger partial charge in [0.05, 0.1) is 0 Å². The Balaban J connectivity index is 3.02. The van der Waals surface area contributed by atoms with Crippen molar-refractivity contribution < 1.29 is 9.90 Å². The molecule has 1 rings (SSSR count). The SMILES string of the molecule is O=Cc1cc(Cl)ccc1CCO. The first kappa shape index (κ1) is 9.23. The van der Waals surface area contributed by atoms with Crippen LogP contribution in [0.3, 0.4) is 0 Å². The number of aldehydes is 1. The Morgan fingerprint density at radius 1 is 1.50 bits per heavy atom. The van der Waals surface area contributed by atoms with Gasteiger partial charge in [-0.2, -0.15) is 0 Å². The Bertz CT molecular complexity index is 284. The quantitative estimate of drug-likeness (QED) is 0.726. The van der Waals surface area contributed by atoms with Crippen molar-refractivity contribution in [1.82, 2.24) is 0 Å². The van der Waals surface area contributed by atoms with Crippen LogP contribution in [-0.4, -0.2) is 18.0 Å². The smallest absolute Gasteiger partial charge is 0.150 e. The highest BCUT2D eigenvalue weighted by Crippen LogP contribution is 2.14. The van der Waals surface area contributed by atoms with Gasteiger partial charge in [0.25, 0.3) is 0 Å². The summed E-state index contributed by atoms with van der Waals surface area (Å²) in [6, 6.07) is 5.06. The molecule has 12 heavy (non-hydrogen) atoms. The maximum atomic E-state index is 10.5. The van der Waals surface area contributed by atoms with Crippen LogP contribution in [-0.2, 0) is 6.42 Å². The maximum absolute atomic E-state index is 10.5. The van der Waals surface area contributed by atoms with Gasteiger partial charge in [0, 0.05) is 17.2 Å². The Labute approximate surface area is 75.8 Å². The van der Waals surface area contributed by atoms with Gasteiger partial charge >= 0.3 is 0 Å². The zero-order valence-electron chi connectivity index (χ0n) is 6.46. The first-order valence-electron chi connectivity index (χ1n) is 3.62. The third kappa shape index (κ3) is 2.06. The molecule has 0 aromatic heterocycles. The Morgan fingerprint density at radius 3 is 2.83 bits per heavy atom. The van der Waals surface area contributed by atoms with Gasteiger partial charge in [-0.3, -0.25) is 4.79 Å². The lowest BCUT2D eigenvalue weighted by Gasteiger charge is -2.01. The van der Waals surface area contributed by atoms with Crippen LogP contribution < -0.4 is 0 Å². The van der Waals surface area contributed by atoms with Crippen molar-refractivity contribution in [1.29, 1.82) is 0 Å². The highest BCUT2D eigenvalue weighted by molar-refractivity contribution is 6.30. The van der Waals surface area contributed by atoms with Crippen molar-refractivity contribution in [3.63, 3.8) is 0 Å². The largest absolute Gasteiger partial charge is 0.396 e. The maximum Gasteiger partial charge on any atom is 0.150 e. The molecule has 0 saturated heterocycles. The molecule has 0 amide bonds. The van der Waals surface area contributed by atoms with E-state index in [1.165, 1.54) is 0 Å². The molecular weight excluding hydrogens is 176 g/mol. The molecule has 0 spiro atoms. The van der Waals surface area contributed by atoms with Crippen molar-refractivity contribution in [2.75, 3.05) is 6.61 Å². The second-order valence-corrected chi connectivity index (χ2v) is 2.87. The van der Waals surface area contributed by atoms with Gasteiger partial charge in [0.2, 0.25) is 0 Å². The lowest BCUT2D eigenvalue weighted by atomic mass is 10.1. The minimum absolute atomic E-state index is 0.0441. The molecule has 1 aromatic carbocycles. The molecular formula is C9H9ClO2. The van der Waals surface area contributed by atoms with Crippen molar-refractivity contribution in [3.05, 3.63) is 34.3 Å². The fourth-order valence-electron chi connectivity index (χ4n) is 1.02. The zero-order valence-corrected chi connectivity index (χ0v) is 7.21. The van der Waals surface area contributed by atoms with Crippen molar-refractivity contribution in [3.8, 4) is 0 Å². The summed E-state index contributed by atoms with van der Waals surface area (Å²) in [7, 11) is 0. The summed E-state index contributed by atoms with van der Waals surface area (Å²) in [6.07, 6.45) is 1.24. The highest BCUT2D eigenvalue weighted by atomic mass is 35.5. The molecule has 0 aliphatic heterocycles. The van der Waals surface area contributed by atoms with Gasteiger partial charge in [0.1, 0.15) is 6.29 Å². The first-order valence-corrected chi connectivity index (χ1v) is 4.00. The zero-order chi connectivity index (χ0) is 8.97.